The van der Waals surface area contributed by atoms with Crippen molar-refractivity contribution >= 4 is 23.2 Å². The fourth-order valence-electron chi connectivity index (χ4n) is 2.30. The maximum atomic E-state index is 12.5. The molecule has 2 aromatic carbocycles. The Morgan fingerprint density at radius 3 is 2.65 bits per heavy atom. The van der Waals surface area contributed by atoms with Crippen LogP contribution in [0.5, 0.6) is 0 Å². The van der Waals surface area contributed by atoms with E-state index in [1.54, 1.807) is 0 Å². The number of rotatable bonds is 5. The second kappa shape index (κ2) is 7.32. The van der Waals surface area contributed by atoms with Crippen LogP contribution in [0.4, 0.5) is 5.69 Å². The second-order valence-electron chi connectivity index (χ2n) is 5.45. The molecule has 132 valence electrons. The molecule has 0 N–H and O–H groups in total. The highest BCUT2D eigenvalue weighted by Gasteiger charge is 2.20. The third-order valence-corrected chi connectivity index (χ3v) is 3.92. The molecule has 8 nitrogen and oxygen atoms in total. The van der Waals surface area contributed by atoms with E-state index in [4.69, 9.17) is 16.0 Å². The molecule has 0 aliphatic heterocycles. The third kappa shape index (κ3) is 3.70. The van der Waals surface area contributed by atoms with E-state index >= 15 is 0 Å². The summed E-state index contributed by atoms with van der Waals surface area (Å²) in [6.07, 6.45) is 0. The van der Waals surface area contributed by atoms with E-state index in [2.05, 4.69) is 10.2 Å². The van der Waals surface area contributed by atoms with Crippen LogP contribution in [0.1, 0.15) is 16.2 Å². The number of carbonyl (C=O) groups excluding carboxylic acids is 1. The van der Waals surface area contributed by atoms with Gasteiger partial charge in [0.2, 0.25) is 11.8 Å². The lowest BCUT2D eigenvalue weighted by molar-refractivity contribution is -0.384. The van der Waals surface area contributed by atoms with Crippen molar-refractivity contribution in [2.45, 2.75) is 6.54 Å². The number of carbonyl (C=O) groups is 1. The minimum absolute atomic E-state index is 0.0291. The number of hydrogen-bond donors (Lipinski definition) is 0. The van der Waals surface area contributed by atoms with Crippen molar-refractivity contribution in [2.75, 3.05) is 7.05 Å². The lowest BCUT2D eigenvalue weighted by atomic mass is 10.2. The normalized spacial score (nSPS) is 10.5. The molecule has 0 atom stereocenters. The SMILES string of the molecule is CN(Cc1nnc(-c2ccccc2)o1)C(=O)c1ccc(Cl)c([N+](=O)[O-])c1. The van der Waals surface area contributed by atoms with Gasteiger partial charge in [0.25, 0.3) is 11.6 Å². The van der Waals surface area contributed by atoms with Crippen LogP contribution >= 0.6 is 11.6 Å². The summed E-state index contributed by atoms with van der Waals surface area (Å²) in [6, 6.07) is 13.1. The zero-order valence-electron chi connectivity index (χ0n) is 13.6. The summed E-state index contributed by atoms with van der Waals surface area (Å²) < 4.78 is 5.56. The highest BCUT2D eigenvalue weighted by Crippen LogP contribution is 2.26. The van der Waals surface area contributed by atoms with Crippen LogP contribution in [-0.4, -0.2) is 33.0 Å². The topological polar surface area (TPSA) is 102 Å². The maximum Gasteiger partial charge on any atom is 0.288 e. The highest BCUT2D eigenvalue weighted by molar-refractivity contribution is 6.32. The first-order valence-electron chi connectivity index (χ1n) is 7.53. The van der Waals surface area contributed by atoms with Crippen molar-refractivity contribution in [1.29, 1.82) is 0 Å². The number of nitrogens with zero attached hydrogens (tertiary/aromatic N) is 4. The Kier molecular flexibility index (Phi) is 4.94. The van der Waals surface area contributed by atoms with Crippen molar-refractivity contribution in [3.05, 3.63) is 75.1 Å². The standard InChI is InChI=1S/C17H13ClN4O4/c1-21(17(23)12-7-8-13(18)14(9-12)22(24)25)10-15-19-20-16(26-15)11-5-3-2-4-6-11/h2-9H,10H2,1H3. The third-order valence-electron chi connectivity index (χ3n) is 3.60. The summed E-state index contributed by atoms with van der Waals surface area (Å²) in [5.74, 6) is 0.177. The number of benzene rings is 2. The number of nitro groups is 1. The summed E-state index contributed by atoms with van der Waals surface area (Å²) in [7, 11) is 1.54. The molecule has 3 aromatic rings. The van der Waals surface area contributed by atoms with Crippen LogP contribution in [0.2, 0.25) is 5.02 Å². The molecule has 0 saturated heterocycles. The molecule has 1 amide bonds. The minimum Gasteiger partial charge on any atom is -0.419 e. The van der Waals surface area contributed by atoms with Gasteiger partial charge < -0.3 is 9.32 Å². The van der Waals surface area contributed by atoms with E-state index in [9.17, 15) is 14.9 Å². The van der Waals surface area contributed by atoms with Gasteiger partial charge in [0.1, 0.15) is 5.02 Å². The van der Waals surface area contributed by atoms with Crippen LogP contribution < -0.4 is 0 Å². The fourth-order valence-corrected chi connectivity index (χ4v) is 2.48. The van der Waals surface area contributed by atoms with E-state index < -0.39 is 10.8 Å². The Morgan fingerprint density at radius 2 is 1.96 bits per heavy atom. The number of aromatic nitrogens is 2. The molecule has 0 spiro atoms. The number of hydrogen-bond acceptors (Lipinski definition) is 6. The minimum atomic E-state index is -0.636. The summed E-state index contributed by atoms with van der Waals surface area (Å²) in [6.45, 7) is 0.0646. The van der Waals surface area contributed by atoms with Crippen LogP contribution in [0.15, 0.2) is 52.9 Å². The fraction of sp³-hybridized carbons (Fsp3) is 0.118. The molecular formula is C17H13ClN4O4. The molecule has 26 heavy (non-hydrogen) atoms. The van der Waals surface area contributed by atoms with Crippen LogP contribution in [0.25, 0.3) is 11.5 Å². The first-order valence-corrected chi connectivity index (χ1v) is 7.90. The number of halogens is 1. The van der Waals surface area contributed by atoms with Gasteiger partial charge in [0, 0.05) is 24.2 Å². The Bertz CT molecular complexity index is 958. The van der Waals surface area contributed by atoms with Crippen molar-refractivity contribution in [1.82, 2.24) is 15.1 Å². The van der Waals surface area contributed by atoms with E-state index in [0.29, 0.717) is 5.89 Å². The Morgan fingerprint density at radius 1 is 1.23 bits per heavy atom. The molecule has 0 bridgehead atoms. The van der Waals surface area contributed by atoms with Gasteiger partial charge in [-0.05, 0) is 24.3 Å². The zero-order chi connectivity index (χ0) is 18.7. The molecule has 9 heteroatoms. The van der Waals surface area contributed by atoms with Crippen LogP contribution in [0.3, 0.4) is 0 Å². The van der Waals surface area contributed by atoms with Gasteiger partial charge in [0.05, 0.1) is 11.5 Å². The quantitative estimate of drug-likeness (QED) is 0.501. The average molecular weight is 373 g/mol. The van der Waals surface area contributed by atoms with Gasteiger partial charge in [-0.3, -0.25) is 14.9 Å². The Labute approximate surface area is 153 Å². The molecule has 1 heterocycles. The molecule has 0 unspecified atom stereocenters. The summed E-state index contributed by atoms with van der Waals surface area (Å²) in [5.41, 5.74) is 0.593. The average Bonchev–Trinajstić information content (AvgIpc) is 3.10. The molecule has 0 aliphatic carbocycles. The van der Waals surface area contributed by atoms with Gasteiger partial charge in [-0.2, -0.15) is 0 Å². The van der Waals surface area contributed by atoms with Crippen molar-refractivity contribution in [2.24, 2.45) is 0 Å². The molecule has 1 aromatic heterocycles. The van der Waals surface area contributed by atoms with Crippen molar-refractivity contribution in [3.63, 3.8) is 0 Å². The largest absolute Gasteiger partial charge is 0.419 e. The van der Waals surface area contributed by atoms with Gasteiger partial charge in [-0.25, -0.2) is 0 Å². The Balaban J connectivity index is 1.75. The monoisotopic (exact) mass is 372 g/mol. The van der Waals surface area contributed by atoms with Crippen molar-refractivity contribution in [3.8, 4) is 11.5 Å². The lowest BCUT2D eigenvalue weighted by Crippen LogP contribution is -2.26. The molecule has 0 fully saturated rings. The molecule has 0 aliphatic rings. The van der Waals surface area contributed by atoms with Crippen LogP contribution in [0, 0.1) is 10.1 Å². The van der Waals surface area contributed by atoms with E-state index in [1.165, 1.54) is 24.1 Å². The molecular weight excluding hydrogens is 360 g/mol. The summed E-state index contributed by atoms with van der Waals surface area (Å²) in [5, 5.41) is 18.8. The predicted octanol–water partition coefficient (Wildman–Crippen LogP) is 3.57. The highest BCUT2D eigenvalue weighted by atomic mass is 35.5. The molecule has 0 radical (unpaired) electrons. The Hall–Kier alpha value is -3.26. The van der Waals surface area contributed by atoms with Crippen LogP contribution in [-0.2, 0) is 6.54 Å². The maximum absolute atomic E-state index is 12.5. The first-order chi connectivity index (χ1) is 12.5. The predicted molar refractivity (Wildman–Crippen MR) is 93.6 cm³/mol. The van der Waals surface area contributed by atoms with E-state index in [-0.39, 0.29) is 28.7 Å². The van der Waals surface area contributed by atoms with Gasteiger partial charge in [-0.15, -0.1) is 10.2 Å². The van der Waals surface area contributed by atoms with Gasteiger partial charge in [-0.1, -0.05) is 29.8 Å². The van der Waals surface area contributed by atoms with E-state index in [1.807, 2.05) is 30.3 Å². The zero-order valence-corrected chi connectivity index (χ0v) is 14.4. The second-order valence-corrected chi connectivity index (χ2v) is 5.86. The summed E-state index contributed by atoms with van der Waals surface area (Å²) >= 11 is 5.77. The van der Waals surface area contributed by atoms with E-state index in [0.717, 1.165) is 11.6 Å². The smallest absolute Gasteiger partial charge is 0.288 e. The van der Waals surface area contributed by atoms with Gasteiger partial charge in [0.15, 0.2) is 0 Å². The lowest BCUT2D eigenvalue weighted by Gasteiger charge is -2.14. The molecule has 0 saturated carbocycles. The number of nitro benzene ring substituents is 1. The first kappa shape index (κ1) is 17.6. The van der Waals surface area contributed by atoms with Gasteiger partial charge >= 0.3 is 0 Å². The summed E-state index contributed by atoms with van der Waals surface area (Å²) in [4.78, 5) is 24.1. The van der Waals surface area contributed by atoms with Crippen molar-refractivity contribution < 1.29 is 14.1 Å². The number of amides is 1. The molecule has 3 rings (SSSR count).